The Balaban J connectivity index is 3.12. The molecule has 1 aromatic carbocycles. The van der Waals surface area contributed by atoms with Gasteiger partial charge in [0.1, 0.15) is 11.5 Å². The molecule has 3 nitrogen and oxygen atoms in total. The second kappa shape index (κ2) is 5.00. The molecular weight excluding hydrogens is 248 g/mol. The number of carbonyl (C=O) groups excluding carboxylic acids is 1. The van der Waals surface area contributed by atoms with E-state index in [9.17, 15) is 4.79 Å². The van der Waals surface area contributed by atoms with Gasteiger partial charge in [0, 0.05) is 12.0 Å². The molecule has 0 radical (unpaired) electrons. The minimum absolute atomic E-state index is 0.0969. The minimum Gasteiger partial charge on any atom is -0.496 e. The Labute approximate surface area is 91.1 Å². The first-order valence-corrected chi connectivity index (χ1v) is 4.86. The van der Waals surface area contributed by atoms with E-state index in [0.29, 0.717) is 11.5 Å². The maximum Gasteiger partial charge on any atom is 0.202 e. The van der Waals surface area contributed by atoms with Crippen molar-refractivity contribution >= 4 is 20.6 Å². The van der Waals surface area contributed by atoms with Crippen LogP contribution in [0.25, 0.3) is 0 Å². The summed E-state index contributed by atoms with van der Waals surface area (Å²) in [6.45, 7) is 0. The molecule has 4 heteroatoms. The number of carbonyl (C=O) groups is 1. The standard InChI is InChI=1S/C10H11BrO3/c1-13-8-4-3-5-9(14-2)7(8)6-10(11)12/h3-5H,6H2,1-2H3. The van der Waals surface area contributed by atoms with Gasteiger partial charge in [0.05, 0.1) is 14.2 Å². The molecule has 0 spiro atoms. The van der Waals surface area contributed by atoms with Gasteiger partial charge < -0.3 is 9.47 Å². The lowest BCUT2D eigenvalue weighted by Crippen LogP contribution is -2.00. The van der Waals surface area contributed by atoms with Gasteiger partial charge in [0.25, 0.3) is 0 Å². The summed E-state index contributed by atoms with van der Waals surface area (Å²) in [7, 11) is 3.13. The van der Waals surface area contributed by atoms with Crippen molar-refractivity contribution in [3.8, 4) is 11.5 Å². The van der Waals surface area contributed by atoms with Crippen LogP contribution in [0.3, 0.4) is 0 Å². The van der Waals surface area contributed by atoms with Crippen LogP contribution in [0.5, 0.6) is 11.5 Å². The van der Waals surface area contributed by atoms with Crippen LogP contribution in [0, 0.1) is 0 Å². The topological polar surface area (TPSA) is 35.5 Å². The number of ether oxygens (including phenoxy) is 2. The second-order valence-corrected chi connectivity index (χ2v) is 3.56. The summed E-state index contributed by atoms with van der Waals surface area (Å²) in [6, 6.07) is 5.42. The van der Waals surface area contributed by atoms with Gasteiger partial charge in [-0.2, -0.15) is 0 Å². The van der Waals surface area contributed by atoms with Crippen molar-refractivity contribution in [2.24, 2.45) is 0 Å². The number of rotatable bonds is 4. The van der Waals surface area contributed by atoms with E-state index in [-0.39, 0.29) is 11.1 Å². The van der Waals surface area contributed by atoms with E-state index < -0.39 is 0 Å². The van der Waals surface area contributed by atoms with Crippen LogP contribution in [0.2, 0.25) is 0 Å². The Morgan fingerprint density at radius 3 is 2.14 bits per heavy atom. The summed E-state index contributed by atoms with van der Waals surface area (Å²) in [5.74, 6) is 1.33. The number of hydrogen-bond acceptors (Lipinski definition) is 3. The van der Waals surface area contributed by atoms with Crippen LogP contribution in [0.15, 0.2) is 18.2 Å². The third-order valence-electron chi connectivity index (χ3n) is 1.85. The van der Waals surface area contributed by atoms with E-state index >= 15 is 0 Å². The first kappa shape index (κ1) is 11.0. The van der Waals surface area contributed by atoms with E-state index in [4.69, 9.17) is 9.47 Å². The van der Waals surface area contributed by atoms with Gasteiger partial charge in [-0.05, 0) is 28.1 Å². The zero-order valence-corrected chi connectivity index (χ0v) is 9.63. The van der Waals surface area contributed by atoms with E-state index in [1.165, 1.54) is 0 Å². The van der Waals surface area contributed by atoms with Crippen LogP contribution >= 0.6 is 15.9 Å². The summed E-state index contributed by atoms with van der Waals surface area (Å²) in [6.07, 6.45) is 0.257. The first-order valence-electron chi connectivity index (χ1n) is 4.07. The minimum atomic E-state index is -0.0969. The molecule has 0 saturated heterocycles. The zero-order valence-electron chi connectivity index (χ0n) is 8.04. The number of methoxy groups -OCH3 is 2. The lowest BCUT2D eigenvalue weighted by atomic mass is 10.1. The lowest BCUT2D eigenvalue weighted by molar-refractivity contribution is -0.109. The van der Waals surface area contributed by atoms with Gasteiger partial charge >= 0.3 is 0 Å². The largest absolute Gasteiger partial charge is 0.496 e. The van der Waals surface area contributed by atoms with Crippen LogP contribution < -0.4 is 9.47 Å². The molecule has 0 aliphatic rings. The van der Waals surface area contributed by atoms with Gasteiger partial charge in [-0.1, -0.05) is 6.07 Å². The SMILES string of the molecule is COc1cccc(OC)c1CC(=O)Br. The molecule has 76 valence electrons. The van der Waals surface area contributed by atoms with Crippen LogP contribution in [-0.2, 0) is 11.2 Å². The molecule has 0 bridgehead atoms. The molecule has 0 unspecified atom stereocenters. The smallest absolute Gasteiger partial charge is 0.202 e. The Kier molecular flexibility index (Phi) is 3.95. The summed E-state index contributed by atoms with van der Waals surface area (Å²) in [4.78, 5) is 11.0. The summed E-state index contributed by atoms with van der Waals surface area (Å²) >= 11 is 2.89. The molecule has 0 amide bonds. The monoisotopic (exact) mass is 258 g/mol. The average molecular weight is 259 g/mol. The number of halogens is 1. The summed E-state index contributed by atoms with van der Waals surface area (Å²) in [5, 5.41) is 0. The van der Waals surface area contributed by atoms with Gasteiger partial charge in [0.2, 0.25) is 4.69 Å². The fourth-order valence-electron chi connectivity index (χ4n) is 1.24. The highest BCUT2D eigenvalue weighted by Crippen LogP contribution is 2.29. The van der Waals surface area contributed by atoms with Crippen molar-refractivity contribution in [2.75, 3.05) is 14.2 Å². The second-order valence-electron chi connectivity index (χ2n) is 2.67. The first-order chi connectivity index (χ1) is 6.69. The zero-order chi connectivity index (χ0) is 10.6. The van der Waals surface area contributed by atoms with Gasteiger partial charge in [0.15, 0.2) is 0 Å². The van der Waals surface area contributed by atoms with Gasteiger partial charge in [-0.15, -0.1) is 0 Å². The summed E-state index contributed by atoms with van der Waals surface area (Å²) in [5.41, 5.74) is 0.763. The maximum atomic E-state index is 11.0. The fraction of sp³-hybridized carbons (Fsp3) is 0.300. The van der Waals surface area contributed by atoms with Crippen LogP contribution in [-0.4, -0.2) is 18.9 Å². The Bertz CT molecular complexity index is 314. The molecule has 0 aliphatic carbocycles. The molecule has 0 aromatic heterocycles. The Morgan fingerprint density at radius 1 is 1.29 bits per heavy atom. The maximum absolute atomic E-state index is 11.0. The van der Waals surface area contributed by atoms with Gasteiger partial charge in [-0.3, -0.25) is 4.79 Å². The molecule has 1 aromatic rings. The number of benzene rings is 1. The molecule has 1 rings (SSSR count). The van der Waals surface area contributed by atoms with E-state index in [0.717, 1.165) is 5.56 Å². The highest BCUT2D eigenvalue weighted by Gasteiger charge is 2.11. The van der Waals surface area contributed by atoms with Crippen molar-refractivity contribution in [1.82, 2.24) is 0 Å². The summed E-state index contributed by atoms with van der Waals surface area (Å²) < 4.78 is 10.2. The van der Waals surface area contributed by atoms with Crippen molar-refractivity contribution < 1.29 is 14.3 Å². The molecule has 0 saturated carbocycles. The van der Waals surface area contributed by atoms with E-state index in [1.54, 1.807) is 26.4 Å². The van der Waals surface area contributed by atoms with Crippen LogP contribution in [0.4, 0.5) is 0 Å². The number of hydrogen-bond donors (Lipinski definition) is 0. The van der Waals surface area contributed by atoms with Crippen molar-refractivity contribution in [3.63, 3.8) is 0 Å². The predicted molar refractivity (Wildman–Crippen MR) is 57.2 cm³/mol. The molecule has 0 aliphatic heterocycles. The normalized spacial score (nSPS) is 9.64. The van der Waals surface area contributed by atoms with Gasteiger partial charge in [-0.25, -0.2) is 0 Å². The Hall–Kier alpha value is -1.03. The third-order valence-corrected chi connectivity index (χ3v) is 2.13. The van der Waals surface area contributed by atoms with Crippen molar-refractivity contribution in [3.05, 3.63) is 23.8 Å². The predicted octanol–water partition coefficient (Wildman–Crippen LogP) is 2.17. The van der Waals surface area contributed by atoms with Crippen LogP contribution in [0.1, 0.15) is 5.56 Å². The lowest BCUT2D eigenvalue weighted by Gasteiger charge is -2.10. The third kappa shape index (κ3) is 2.48. The molecular formula is C10H11BrO3. The molecule has 0 fully saturated rings. The molecule has 0 heterocycles. The molecule has 0 atom stereocenters. The van der Waals surface area contributed by atoms with Crippen molar-refractivity contribution in [1.29, 1.82) is 0 Å². The average Bonchev–Trinajstić information content (AvgIpc) is 2.17. The fourth-order valence-corrected chi connectivity index (χ4v) is 1.52. The quantitative estimate of drug-likeness (QED) is 0.777. The highest BCUT2D eigenvalue weighted by atomic mass is 79.9. The van der Waals surface area contributed by atoms with Crippen molar-refractivity contribution in [2.45, 2.75) is 6.42 Å². The Morgan fingerprint density at radius 2 is 1.79 bits per heavy atom. The molecule has 14 heavy (non-hydrogen) atoms. The van der Waals surface area contributed by atoms with E-state index in [1.807, 2.05) is 6.07 Å². The highest BCUT2D eigenvalue weighted by molar-refractivity contribution is 9.18. The molecule has 0 N–H and O–H groups in total. The van der Waals surface area contributed by atoms with E-state index in [2.05, 4.69) is 15.9 Å².